The standard InChI is InChI=1S/C12H19FO/c1-3-6-10(14)9-12(2)8-5-4-7-11(12)13/h4-5,7,10,14H,3,6,8-9H2,1-2H3/t10?,12-/m1/s1. The highest BCUT2D eigenvalue weighted by molar-refractivity contribution is 5.20. The summed E-state index contributed by atoms with van der Waals surface area (Å²) in [4.78, 5) is 0. The van der Waals surface area contributed by atoms with E-state index >= 15 is 0 Å². The van der Waals surface area contributed by atoms with Crippen LogP contribution < -0.4 is 0 Å². The van der Waals surface area contributed by atoms with E-state index in [9.17, 15) is 9.50 Å². The molecule has 1 N–H and O–H groups in total. The van der Waals surface area contributed by atoms with Crippen molar-refractivity contribution in [1.82, 2.24) is 0 Å². The first-order chi connectivity index (χ1) is 6.58. The Labute approximate surface area is 85.3 Å². The third-order valence-corrected chi connectivity index (χ3v) is 2.83. The molecule has 0 aromatic rings. The number of allylic oxidation sites excluding steroid dienone is 4. The van der Waals surface area contributed by atoms with Gasteiger partial charge in [0.25, 0.3) is 0 Å². The van der Waals surface area contributed by atoms with E-state index in [-0.39, 0.29) is 11.9 Å². The zero-order valence-corrected chi connectivity index (χ0v) is 8.96. The zero-order valence-electron chi connectivity index (χ0n) is 8.96. The Kier molecular flexibility index (Phi) is 3.87. The maximum Gasteiger partial charge on any atom is 0.106 e. The molecule has 1 nitrogen and oxygen atoms in total. The molecule has 0 amide bonds. The van der Waals surface area contributed by atoms with Crippen LogP contribution in [0.3, 0.4) is 0 Å². The highest BCUT2D eigenvalue weighted by Crippen LogP contribution is 2.39. The maximum absolute atomic E-state index is 13.5. The summed E-state index contributed by atoms with van der Waals surface area (Å²) in [5.74, 6) is -0.102. The lowest BCUT2D eigenvalue weighted by Crippen LogP contribution is -2.25. The van der Waals surface area contributed by atoms with Crippen LogP contribution in [-0.4, -0.2) is 11.2 Å². The summed E-state index contributed by atoms with van der Waals surface area (Å²) < 4.78 is 13.5. The van der Waals surface area contributed by atoms with Crippen LogP contribution in [0.4, 0.5) is 4.39 Å². The van der Waals surface area contributed by atoms with E-state index < -0.39 is 5.41 Å². The van der Waals surface area contributed by atoms with Gasteiger partial charge in [0.05, 0.1) is 6.10 Å². The SMILES string of the molecule is CCCC(O)C[C@@]1(C)CC=CC=C1F. The molecule has 0 saturated carbocycles. The monoisotopic (exact) mass is 198 g/mol. The van der Waals surface area contributed by atoms with Crippen LogP contribution in [0, 0.1) is 5.41 Å². The van der Waals surface area contributed by atoms with E-state index in [0.717, 1.165) is 12.8 Å². The fraction of sp³-hybridized carbons (Fsp3) is 0.667. The van der Waals surface area contributed by atoms with Crippen LogP contribution in [0.5, 0.6) is 0 Å². The second kappa shape index (κ2) is 4.74. The molecule has 0 bridgehead atoms. The molecule has 0 fully saturated rings. The molecular weight excluding hydrogens is 179 g/mol. The molecule has 0 saturated heterocycles. The van der Waals surface area contributed by atoms with Gasteiger partial charge in [-0.15, -0.1) is 0 Å². The first-order valence-electron chi connectivity index (χ1n) is 5.29. The minimum atomic E-state index is -0.483. The van der Waals surface area contributed by atoms with Crippen molar-refractivity contribution in [3.8, 4) is 0 Å². The number of halogens is 1. The molecule has 0 spiro atoms. The molecule has 1 aliphatic carbocycles. The lowest BCUT2D eigenvalue weighted by Gasteiger charge is -2.30. The highest BCUT2D eigenvalue weighted by Gasteiger charge is 2.31. The molecule has 0 aliphatic heterocycles. The molecular formula is C12H19FO. The summed E-state index contributed by atoms with van der Waals surface area (Å²) in [6.07, 6.45) is 7.73. The van der Waals surface area contributed by atoms with Gasteiger partial charge in [-0.05, 0) is 25.3 Å². The van der Waals surface area contributed by atoms with E-state index in [1.807, 2.05) is 19.9 Å². The third-order valence-electron chi connectivity index (χ3n) is 2.83. The number of hydrogen-bond acceptors (Lipinski definition) is 1. The lowest BCUT2D eigenvalue weighted by molar-refractivity contribution is 0.102. The van der Waals surface area contributed by atoms with Crippen LogP contribution in [0.2, 0.25) is 0 Å². The van der Waals surface area contributed by atoms with Gasteiger partial charge in [-0.1, -0.05) is 32.4 Å². The second-order valence-electron chi connectivity index (χ2n) is 4.35. The normalized spacial score (nSPS) is 28.7. The largest absolute Gasteiger partial charge is 0.393 e. The van der Waals surface area contributed by atoms with Crippen LogP contribution in [-0.2, 0) is 0 Å². The Balaban J connectivity index is 2.58. The van der Waals surface area contributed by atoms with Crippen molar-refractivity contribution in [2.75, 3.05) is 0 Å². The van der Waals surface area contributed by atoms with Crippen molar-refractivity contribution in [2.24, 2.45) is 5.41 Å². The summed E-state index contributed by atoms with van der Waals surface area (Å²) in [7, 11) is 0. The van der Waals surface area contributed by atoms with Crippen molar-refractivity contribution in [3.05, 3.63) is 24.1 Å². The summed E-state index contributed by atoms with van der Waals surface area (Å²) in [6, 6.07) is 0. The van der Waals surface area contributed by atoms with E-state index in [4.69, 9.17) is 0 Å². The summed E-state index contributed by atoms with van der Waals surface area (Å²) >= 11 is 0. The van der Waals surface area contributed by atoms with Crippen molar-refractivity contribution >= 4 is 0 Å². The Morgan fingerprint density at radius 3 is 2.93 bits per heavy atom. The van der Waals surface area contributed by atoms with Crippen molar-refractivity contribution in [3.63, 3.8) is 0 Å². The summed E-state index contributed by atoms with van der Waals surface area (Å²) in [6.45, 7) is 3.90. The minimum absolute atomic E-state index is 0.102. The van der Waals surface area contributed by atoms with Gasteiger partial charge in [-0.25, -0.2) is 4.39 Å². The molecule has 80 valence electrons. The second-order valence-corrected chi connectivity index (χ2v) is 4.35. The Hall–Kier alpha value is -0.630. The van der Waals surface area contributed by atoms with E-state index in [0.29, 0.717) is 12.8 Å². The predicted molar refractivity (Wildman–Crippen MR) is 56.6 cm³/mol. The summed E-state index contributed by atoms with van der Waals surface area (Å²) in [5, 5.41) is 9.67. The molecule has 2 heteroatoms. The van der Waals surface area contributed by atoms with Gasteiger partial charge in [0, 0.05) is 5.41 Å². The smallest absolute Gasteiger partial charge is 0.106 e. The van der Waals surface area contributed by atoms with Crippen molar-refractivity contribution < 1.29 is 9.50 Å². The fourth-order valence-corrected chi connectivity index (χ4v) is 1.92. The van der Waals surface area contributed by atoms with Crippen molar-refractivity contribution in [2.45, 2.75) is 45.6 Å². The molecule has 0 aromatic carbocycles. The van der Waals surface area contributed by atoms with E-state index in [1.165, 1.54) is 6.08 Å². The van der Waals surface area contributed by atoms with Crippen LogP contribution in [0.15, 0.2) is 24.1 Å². The molecule has 0 radical (unpaired) electrons. The van der Waals surface area contributed by atoms with E-state index in [1.54, 1.807) is 6.08 Å². The van der Waals surface area contributed by atoms with Gasteiger partial charge in [0.2, 0.25) is 0 Å². The number of aliphatic hydroxyl groups is 1. The Morgan fingerprint density at radius 2 is 2.36 bits per heavy atom. The van der Waals surface area contributed by atoms with Crippen LogP contribution >= 0.6 is 0 Å². The molecule has 0 aromatic heterocycles. The van der Waals surface area contributed by atoms with Gasteiger partial charge in [0.1, 0.15) is 5.83 Å². The predicted octanol–water partition coefficient (Wildman–Crippen LogP) is 3.36. The number of rotatable bonds is 4. The summed E-state index contributed by atoms with van der Waals surface area (Å²) in [5.41, 5.74) is -0.483. The Bertz CT molecular complexity index is 245. The Morgan fingerprint density at radius 1 is 1.64 bits per heavy atom. The van der Waals surface area contributed by atoms with Gasteiger partial charge >= 0.3 is 0 Å². The van der Waals surface area contributed by atoms with Crippen molar-refractivity contribution in [1.29, 1.82) is 0 Å². The minimum Gasteiger partial charge on any atom is -0.393 e. The highest BCUT2D eigenvalue weighted by atomic mass is 19.1. The molecule has 1 aliphatic rings. The van der Waals surface area contributed by atoms with Gasteiger partial charge < -0.3 is 5.11 Å². The van der Waals surface area contributed by atoms with Crippen LogP contribution in [0.1, 0.15) is 39.5 Å². The van der Waals surface area contributed by atoms with Gasteiger partial charge in [-0.2, -0.15) is 0 Å². The van der Waals surface area contributed by atoms with E-state index in [2.05, 4.69) is 0 Å². The van der Waals surface area contributed by atoms with Gasteiger partial charge in [-0.3, -0.25) is 0 Å². The topological polar surface area (TPSA) is 20.2 Å². The lowest BCUT2D eigenvalue weighted by atomic mass is 9.77. The first-order valence-corrected chi connectivity index (χ1v) is 5.29. The molecule has 0 heterocycles. The number of aliphatic hydroxyl groups excluding tert-OH is 1. The molecule has 1 rings (SSSR count). The van der Waals surface area contributed by atoms with Crippen LogP contribution in [0.25, 0.3) is 0 Å². The first kappa shape index (κ1) is 11.4. The number of hydrogen-bond donors (Lipinski definition) is 1. The average Bonchev–Trinajstić information content (AvgIpc) is 2.10. The third kappa shape index (κ3) is 2.68. The fourth-order valence-electron chi connectivity index (χ4n) is 1.92. The average molecular weight is 198 g/mol. The molecule has 2 atom stereocenters. The van der Waals surface area contributed by atoms with Gasteiger partial charge in [0.15, 0.2) is 0 Å². The molecule has 1 unspecified atom stereocenters. The maximum atomic E-state index is 13.5. The quantitative estimate of drug-likeness (QED) is 0.734. The zero-order chi connectivity index (χ0) is 10.6. The molecule has 14 heavy (non-hydrogen) atoms.